The minimum atomic E-state index is 0.618. The van der Waals surface area contributed by atoms with Gasteiger partial charge in [0.1, 0.15) is 0 Å². The van der Waals surface area contributed by atoms with Crippen LogP contribution < -0.4 is 5.32 Å². The van der Waals surface area contributed by atoms with Gasteiger partial charge in [0.15, 0.2) is 0 Å². The molecule has 0 unspecified atom stereocenters. The van der Waals surface area contributed by atoms with E-state index in [4.69, 9.17) is 4.52 Å². The second kappa shape index (κ2) is 6.56. The SMILES string of the molecule is CCNCc1nc(-c2ccc(SCC)cc2)no1. The predicted octanol–water partition coefficient (Wildman–Crippen LogP) is 2.96. The lowest BCUT2D eigenvalue weighted by molar-refractivity contribution is 0.369. The van der Waals surface area contributed by atoms with Gasteiger partial charge in [-0.25, -0.2) is 0 Å². The molecule has 2 rings (SSSR count). The van der Waals surface area contributed by atoms with Crippen LogP contribution in [0.5, 0.6) is 0 Å². The van der Waals surface area contributed by atoms with Crippen molar-refractivity contribution in [3.05, 3.63) is 30.2 Å². The van der Waals surface area contributed by atoms with Gasteiger partial charge in [-0.15, -0.1) is 11.8 Å². The molecule has 0 aliphatic carbocycles. The average Bonchev–Trinajstić information content (AvgIpc) is 2.86. The van der Waals surface area contributed by atoms with Crippen LogP contribution in [-0.2, 0) is 6.54 Å². The van der Waals surface area contributed by atoms with Crippen LogP contribution in [-0.4, -0.2) is 22.4 Å². The Hall–Kier alpha value is -1.33. The average molecular weight is 263 g/mol. The lowest BCUT2D eigenvalue weighted by Gasteiger charge is -1.98. The Morgan fingerprint density at radius 3 is 2.67 bits per heavy atom. The molecule has 1 aromatic heterocycles. The molecule has 0 radical (unpaired) electrons. The summed E-state index contributed by atoms with van der Waals surface area (Å²) in [5.41, 5.74) is 0.988. The van der Waals surface area contributed by atoms with Crippen molar-refractivity contribution in [1.29, 1.82) is 0 Å². The number of aromatic nitrogens is 2. The van der Waals surface area contributed by atoms with Crippen LogP contribution in [0.4, 0.5) is 0 Å². The van der Waals surface area contributed by atoms with Crippen molar-refractivity contribution >= 4 is 11.8 Å². The Bertz CT molecular complexity index is 481. The van der Waals surface area contributed by atoms with Crippen LogP contribution in [0, 0.1) is 0 Å². The second-order valence-corrected chi connectivity index (χ2v) is 5.09. The number of rotatable bonds is 6. The molecule has 5 heteroatoms. The van der Waals surface area contributed by atoms with Gasteiger partial charge >= 0.3 is 0 Å². The largest absolute Gasteiger partial charge is 0.338 e. The zero-order valence-electron chi connectivity index (χ0n) is 10.6. The van der Waals surface area contributed by atoms with Gasteiger partial charge < -0.3 is 9.84 Å². The monoisotopic (exact) mass is 263 g/mol. The van der Waals surface area contributed by atoms with Gasteiger partial charge in [-0.1, -0.05) is 19.0 Å². The fourth-order valence-electron chi connectivity index (χ4n) is 1.54. The fourth-order valence-corrected chi connectivity index (χ4v) is 2.20. The maximum Gasteiger partial charge on any atom is 0.240 e. The predicted molar refractivity (Wildman–Crippen MR) is 73.5 cm³/mol. The number of nitrogens with one attached hydrogen (secondary N) is 1. The molecule has 1 aromatic carbocycles. The summed E-state index contributed by atoms with van der Waals surface area (Å²) < 4.78 is 5.17. The Morgan fingerprint density at radius 1 is 1.22 bits per heavy atom. The molecule has 0 spiro atoms. The van der Waals surface area contributed by atoms with Crippen LogP contribution in [0.1, 0.15) is 19.7 Å². The van der Waals surface area contributed by atoms with E-state index in [1.807, 2.05) is 30.8 Å². The molecule has 96 valence electrons. The third kappa shape index (κ3) is 3.34. The van der Waals surface area contributed by atoms with E-state index in [-0.39, 0.29) is 0 Å². The summed E-state index contributed by atoms with van der Waals surface area (Å²) in [5, 5.41) is 7.14. The molecule has 0 aliphatic heterocycles. The highest BCUT2D eigenvalue weighted by Gasteiger charge is 2.07. The van der Waals surface area contributed by atoms with Crippen molar-refractivity contribution in [2.45, 2.75) is 25.3 Å². The molecule has 0 saturated carbocycles. The highest BCUT2D eigenvalue weighted by molar-refractivity contribution is 7.99. The molecule has 0 aliphatic rings. The highest BCUT2D eigenvalue weighted by atomic mass is 32.2. The van der Waals surface area contributed by atoms with Crippen molar-refractivity contribution in [2.75, 3.05) is 12.3 Å². The maximum absolute atomic E-state index is 5.17. The van der Waals surface area contributed by atoms with Gasteiger partial charge in [0.05, 0.1) is 6.54 Å². The Morgan fingerprint density at radius 2 is 2.00 bits per heavy atom. The summed E-state index contributed by atoms with van der Waals surface area (Å²) in [4.78, 5) is 5.61. The minimum Gasteiger partial charge on any atom is -0.338 e. The molecule has 0 bridgehead atoms. The van der Waals surface area contributed by atoms with Crippen LogP contribution >= 0.6 is 11.8 Å². The first kappa shape index (κ1) is 13.1. The van der Waals surface area contributed by atoms with Gasteiger partial charge in [-0.3, -0.25) is 0 Å². The third-order valence-corrected chi connectivity index (χ3v) is 3.31. The normalized spacial score (nSPS) is 10.8. The zero-order valence-corrected chi connectivity index (χ0v) is 11.5. The van der Waals surface area contributed by atoms with Gasteiger partial charge in [0, 0.05) is 10.5 Å². The molecule has 1 heterocycles. The molecule has 0 saturated heterocycles. The third-order valence-electron chi connectivity index (χ3n) is 2.42. The van der Waals surface area contributed by atoms with Crippen molar-refractivity contribution < 1.29 is 4.52 Å². The summed E-state index contributed by atoms with van der Waals surface area (Å²) in [6.07, 6.45) is 0. The van der Waals surface area contributed by atoms with Crippen molar-refractivity contribution in [3.63, 3.8) is 0 Å². The van der Waals surface area contributed by atoms with Gasteiger partial charge in [-0.05, 0) is 36.6 Å². The summed E-state index contributed by atoms with van der Waals surface area (Å²) in [6.45, 7) is 5.69. The van der Waals surface area contributed by atoms with Crippen molar-refractivity contribution in [1.82, 2.24) is 15.5 Å². The lowest BCUT2D eigenvalue weighted by Crippen LogP contribution is -2.11. The number of benzene rings is 1. The summed E-state index contributed by atoms with van der Waals surface area (Å²) in [6, 6.07) is 8.23. The smallest absolute Gasteiger partial charge is 0.240 e. The zero-order chi connectivity index (χ0) is 12.8. The van der Waals surface area contributed by atoms with Crippen LogP contribution in [0.15, 0.2) is 33.7 Å². The number of hydrogen-bond acceptors (Lipinski definition) is 5. The van der Waals surface area contributed by atoms with E-state index in [1.54, 1.807) is 0 Å². The molecule has 0 amide bonds. The first-order valence-electron chi connectivity index (χ1n) is 6.10. The minimum absolute atomic E-state index is 0.618. The number of thioether (sulfide) groups is 1. The van der Waals surface area contributed by atoms with E-state index < -0.39 is 0 Å². The van der Waals surface area contributed by atoms with Crippen LogP contribution in [0.25, 0.3) is 11.4 Å². The Kier molecular flexibility index (Phi) is 4.78. The standard InChI is InChI=1S/C13H17N3OS/c1-3-14-9-12-15-13(16-17-12)10-5-7-11(8-6-10)18-4-2/h5-8,14H,3-4,9H2,1-2H3. The molecule has 2 aromatic rings. The molecule has 1 N–H and O–H groups in total. The van der Waals surface area contributed by atoms with Gasteiger partial charge in [0.25, 0.3) is 0 Å². The summed E-state index contributed by atoms with van der Waals surface area (Å²) >= 11 is 1.82. The van der Waals surface area contributed by atoms with E-state index in [9.17, 15) is 0 Å². The molecule has 18 heavy (non-hydrogen) atoms. The van der Waals surface area contributed by atoms with Crippen LogP contribution in [0.2, 0.25) is 0 Å². The fraction of sp³-hybridized carbons (Fsp3) is 0.385. The quantitative estimate of drug-likeness (QED) is 0.812. The molecular formula is C13H17N3OS. The van der Waals surface area contributed by atoms with E-state index in [1.165, 1.54) is 4.90 Å². The summed E-state index contributed by atoms with van der Waals surface area (Å²) in [5.74, 6) is 2.35. The van der Waals surface area contributed by atoms with Crippen molar-refractivity contribution in [3.8, 4) is 11.4 Å². The van der Waals surface area contributed by atoms with E-state index in [0.29, 0.717) is 18.3 Å². The van der Waals surface area contributed by atoms with E-state index in [2.05, 4.69) is 34.5 Å². The number of nitrogens with zero attached hydrogens (tertiary/aromatic N) is 2. The van der Waals surface area contributed by atoms with E-state index in [0.717, 1.165) is 17.9 Å². The molecule has 0 atom stereocenters. The molecule has 4 nitrogen and oxygen atoms in total. The second-order valence-electron chi connectivity index (χ2n) is 3.75. The van der Waals surface area contributed by atoms with E-state index >= 15 is 0 Å². The van der Waals surface area contributed by atoms with Crippen molar-refractivity contribution in [2.24, 2.45) is 0 Å². The summed E-state index contributed by atoms with van der Waals surface area (Å²) in [7, 11) is 0. The topological polar surface area (TPSA) is 51.0 Å². The maximum atomic E-state index is 5.17. The Labute approximate surface area is 111 Å². The first-order chi connectivity index (χ1) is 8.83. The highest BCUT2D eigenvalue weighted by Crippen LogP contribution is 2.22. The number of hydrogen-bond donors (Lipinski definition) is 1. The Balaban J connectivity index is 2.08. The first-order valence-corrected chi connectivity index (χ1v) is 7.08. The van der Waals surface area contributed by atoms with Crippen LogP contribution in [0.3, 0.4) is 0 Å². The van der Waals surface area contributed by atoms with Gasteiger partial charge in [0.2, 0.25) is 11.7 Å². The molecule has 0 fully saturated rings. The lowest BCUT2D eigenvalue weighted by atomic mass is 10.2. The van der Waals surface area contributed by atoms with Gasteiger partial charge in [-0.2, -0.15) is 4.98 Å². The molecular weight excluding hydrogens is 246 g/mol.